The topological polar surface area (TPSA) is 62.7 Å². The molecule has 5 rings (SSSR count). The number of halogens is 4. The van der Waals surface area contributed by atoms with Gasteiger partial charge in [-0.15, -0.1) is 11.8 Å². The number of amides is 1. The Labute approximate surface area is 174 Å². The van der Waals surface area contributed by atoms with Crippen LogP contribution >= 0.6 is 11.8 Å². The third kappa shape index (κ3) is 3.25. The lowest BCUT2D eigenvalue weighted by Crippen LogP contribution is -2.63. The molecule has 2 fully saturated rings. The molecule has 2 heterocycles. The number of fused-ring (bicyclic) bond motifs is 3. The Bertz CT molecular complexity index is 929. The minimum absolute atomic E-state index is 0.0825. The molecule has 6 atom stereocenters. The normalized spacial score (nSPS) is 36.5. The molecule has 2 N–H and O–H groups in total. The highest BCUT2D eigenvalue weighted by Gasteiger charge is 2.62. The molecule has 2 aliphatic carbocycles. The molecular weight excluding hydrogens is 422 g/mol. The summed E-state index contributed by atoms with van der Waals surface area (Å²) in [5.74, 6) is -1.36. The van der Waals surface area contributed by atoms with Crippen LogP contribution in [0.2, 0.25) is 0 Å². The van der Waals surface area contributed by atoms with Crippen molar-refractivity contribution in [2.75, 3.05) is 13.1 Å². The van der Waals surface area contributed by atoms with Gasteiger partial charge in [0.25, 0.3) is 5.91 Å². The van der Waals surface area contributed by atoms with Crippen LogP contribution in [0.15, 0.2) is 35.3 Å². The summed E-state index contributed by atoms with van der Waals surface area (Å²) < 4.78 is 58.4. The molecule has 1 aromatic carbocycles. The van der Waals surface area contributed by atoms with Crippen molar-refractivity contribution in [2.24, 2.45) is 16.8 Å². The summed E-state index contributed by atoms with van der Waals surface area (Å²) >= 11 is 1.71. The molecule has 160 valence electrons. The minimum atomic E-state index is -4.67. The van der Waals surface area contributed by atoms with Crippen LogP contribution in [-0.4, -0.2) is 47.7 Å². The van der Waals surface area contributed by atoms with Crippen molar-refractivity contribution in [3.63, 3.8) is 0 Å². The van der Waals surface area contributed by atoms with Gasteiger partial charge in [0.2, 0.25) is 0 Å². The van der Waals surface area contributed by atoms with E-state index in [1.165, 1.54) is 0 Å². The second kappa shape index (κ2) is 7.06. The summed E-state index contributed by atoms with van der Waals surface area (Å²) in [4.78, 5) is 16.7. The van der Waals surface area contributed by atoms with E-state index in [0.29, 0.717) is 23.3 Å². The first kappa shape index (κ1) is 20.0. The van der Waals surface area contributed by atoms with Crippen molar-refractivity contribution in [1.29, 1.82) is 0 Å². The fourth-order valence-electron chi connectivity index (χ4n) is 5.07. The third-order valence-corrected chi connectivity index (χ3v) is 7.38. The van der Waals surface area contributed by atoms with Gasteiger partial charge in [0.15, 0.2) is 0 Å². The quantitative estimate of drug-likeness (QED) is 0.557. The zero-order chi connectivity index (χ0) is 21.1. The maximum atomic E-state index is 14.0. The first-order valence-electron chi connectivity index (χ1n) is 9.69. The summed E-state index contributed by atoms with van der Waals surface area (Å²) in [6, 6.07) is 2.08. The Kier molecular flexibility index (Phi) is 4.71. The van der Waals surface area contributed by atoms with E-state index in [9.17, 15) is 22.4 Å². The highest BCUT2D eigenvalue weighted by Crippen LogP contribution is 2.55. The number of nitrogens with zero attached hydrogens (tertiary/aromatic N) is 1. The zero-order valence-corrected chi connectivity index (χ0v) is 16.5. The molecule has 0 aromatic heterocycles. The van der Waals surface area contributed by atoms with Crippen molar-refractivity contribution >= 4 is 23.2 Å². The van der Waals surface area contributed by atoms with E-state index in [1.54, 1.807) is 11.8 Å². The van der Waals surface area contributed by atoms with Gasteiger partial charge in [0, 0.05) is 17.2 Å². The zero-order valence-electron chi connectivity index (χ0n) is 15.7. The number of carbonyl (C=O) groups is 1. The predicted octanol–water partition coefficient (Wildman–Crippen LogP) is 2.98. The third-order valence-electron chi connectivity index (χ3n) is 6.32. The second-order valence-corrected chi connectivity index (χ2v) is 9.14. The molecule has 5 nitrogen and oxygen atoms in total. The Balaban J connectivity index is 1.24. The second-order valence-electron chi connectivity index (χ2n) is 8.05. The van der Waals surface area contributed by atoms with Crippen LogP contribution in [0, 0.1) is 17.7 Å². The van der Waals surface area contributed by atoms with E-state index >= 15 is 0 Å². The SMILES string of the molecule is O=C(NCC1NC2C3C=CC(C3)(O1)C2C1CN=CS1)c1ccc(C(F)(F)F)cc1F. The Hall–Kier alpha value is -1.91. The van der Waals surface area contributed by atoms with Crippen LogP contribution < -0.4 is 10.6 Å². The lowest BCUT2D eigenvalue weighted by Gasteiger charge is -2.47. The average Bonchev–Trinajstić information content (AvgIpc) is 3.38. The minimum Gasteiger partial charge on any atom is -0.351 e. The maximum Gasteiger partial charge on any atom is 0.416 e. The van der Waals surface area contributed by atoms with Crippen LogP contribution in [0.3, 0.4) is 0 Å². The Morgan fingerprint density at radius 3 is 2.90 bits per heavy atom. The molecule has 2 aliphatic heterocycles. The van der Waals surface area contributed by atoms with Crippen molar-refractivity contribution in [3.8, 4) is 0 Å². The molecule has 4 aliphatic rings. The van der Waals surface area contributed by atoms with Crippen LogP contribution in [0.1, 0.15) is 22.3 Å². The largest absolute Gasteiger partial charge is 0.416 e. The van der Waals surface area contributed by atoms with E-state index in [-0.39, 0.29) is 18.5 Å². The number of ether oxygens (including phenoxy) is 1. The highest BCUT2D eigenvalue weighted by atomic mass is 32.2. The van der Waals surface area contributed by atoms with Gasteiger partial charge >= 0.3 is 6.18 Å². The number of alkyl halides is 3. The summed E-state index contributed by atoms with van der Waals surface area (Å²) in [5.41, 5.74) is -0.0878. The van der Waals surface area contributed by atoms with Gasteiger partial charge in [0.05, 0.1) is 35.4 Å². The molecule has 1 aromatic rings. The smallest absolute Gasteiger partial charge is 0.351 e. The van der Waals surface area contributed by atoms with Crippen molar-refractivity contribution < 1.29 is 27.1 Å². The van der Waals surface area contributed by atoms with E-state index in [1.807, 2.05) is 5.55 Å². The molecule has 1 saturated heterocycles. The predicted molar refractivity (Wildman–Crippen MR) is 104 cm³/mol. The van der Waals surface area contributed by atoms with Crippen molar-refractivity contribution in [1.82, 2.24) is 10.6 Å². The summed E-state index contributed by atoms with van der Waals surface area (Å²) in [6.45, 7) is 0.840. The van der Waals surface area contributed by atoms with Gasteiger partial charge in [-0.05, 0) is 30.5 Å². The van der Waals surface area contributed by atoms with Gasteiger partial charge in [-0.1, -0.05) is 12.2 Å². The molecule has 1 amide bonds. The molecule has 0 radical (unpaired) electrons. The van der Waals surface area contributed by atoms with Crippen molar-refractivity contribution in [3.05, 3.63) is 47.3 Å². The van der Waals surface area contributed by atoms with E-state index in [2.05, 4.69) is 27.8 Å². The average molecular weight is 441 g/mol. The summed E-state index contributed by atoms with van der Waals surface area (Å²) in [6.07, 6.45) is 0.0317. The number of hydrogen-bond acceptors (Lipinski definition) is 5. The number of aliphatic imine (C=N–C) groups is 1. The molecule has 1 spiro atoms. The van der Waals surface area contributed by atoms with Crippen LogP contribution in [-0.2, 0) is 10.9 Å². The summed E-state index contributed by atoms with van der Waals surface area (Å²) in [7, 11) is 0. The maximum absolute atomic E-state index is 14.0. The lowest BCUT2D eigenvalue weighted by molar-refractivity contribution is -0.137. The molecule has 3 bridgehead atoms. The first-order valence-corrected chi connectivity index (χ1v) is 10.6. The van der Waals surface area contributed by atoms with E-state index in [4.69, 9.17) is 4.74 Å². The van der Waals surface area contributed by atoms with Crippen LogP contribution in [0.4, 0.5) is 17.6 Å². The number of nitrogens with one attached hydrogen (secondary N) is 2. The fraction of sp³-hybridized carbons (Fsp3) is 0.500. The summed E-state index contributed by atoms with van der Waals surface area (Å²) in [5, 5.41) is 6.37. The first-order chi connectivity index (χ1) is 14.3. The standard InChI is InChI=1S/C20H19F4N3O2S/c21-13-5-11(20(22,23)24)1-2-12(13)18(28)26-8-15-27-17-10-3-4-19(6-10,29-15)16(17)14-7-25-9-30-14/h1-5,9-10,14-17,27H,6-8H2,(H,26,28). The lowest BCUT2D eigenvalue weighted by atomic mass is 9.81. The monoisotopic (exact) mass is 441 g/mol. The number of thioether (sulfide) groups is 1. The van der Waals surface area contributed by atoms with Crippen LogP contribution in [0.5, 0.6) is 0 Å². The van der Waals surface area contributed by atoms with E-state index < -0.39 is 40.9 Å². The fourth-order valence-corrected chi connectivity index (χ4v) is 6.14. The highest BCUT2D eigenvalue weighted by molar-refractivity contribution is 8.12. The molecule has 10 heteroatoms. The van der Waals surface area contributed by atoms with Crippen molar-refractivity contribution in [2.45, 2.75) is 35.7 Å². The van der Waals surface area contributed by atoms with Gasteiger partial charge in [-0.25, -0.2) is 4.39 Å². The molecular formula is C20H19F4N3O2S. The van der Waals surface area contributed by atoms with Gasteiger partial charge in [-0.2, -0.15) is 13.2 Å². The van der Waals surface area contributed by atoms with Gasteiger partial charge < -0.3 is 10.1 Å². The number of hydrogen-bond donors (Lipinski definition) is 2. The number of rotatable bonds is 4. The Morgan fingerprint density at radius 2 is 2.23 bits per heavy atom. The Morgan fingerprint density at radius 1 is 1.40 bits per heavy atom. The number of carbonyl (C=O) groups excluding carboxylic acids is 1. The van der Waals surface area contributed by atoms with E-state index in [0.717, 1.165) is 19.0 Å². The molecule has 6 unspecified atom stereocenters. The molecule has 1 saturated carbocycles. The van der Waals surface area contributed by atoms with Gasteiger partial charge in [0.1, 0.15) is 12.0 Å². The van der Waals surface area contributed by atoms with Gasteiger partial charge in [-0.3, -0.25) is 15.1 Å². The number of benzene rings is 1. The molecule has 30 heavy (non-hydrogen) atoms. The van der Waals surface area contributed by atoms with Crippen LogP contribution in [0.25, 0.3) is 0 Å².